The summed E-state index contributed by atoms with van der Waals surface area (Å²) in [6.07, 6.45) is -4.89. The smallest absolute Gasteiger partial charge is 0.305 e. The van der Waals surface area contributed by atoms with Gasteiger partial charge >= 0.3 is 29.8 Å². The zero-order valence-corrected chi connectivity index (χ0v) is 26.7. The maximum Gasteiger partial charge on any atom is 0.305 e. The van der Waals surface area contributed by atoms with Gasteiger partial charge in [-0.1, -0.05) is 32.9 Å². The first kappa shape index (κ1) is 35.2. The average molecular weight is 625 g/mol. The molecule has 0 amide bonds. The zero-order valence-electron chi connectivity index (χ0n) is 26.7. The minimum absolute atomic E-state index is 0.165. The number of ketones is 1. The van der Waals surface area contributed by atoms with E-state index in [0.29, 0.717) is 0 Å². The zero-order chi connectivity index (χ0) is 33.6. The summed E-state index contributed by atoms with van der Waals surface area (Å²) in [5, 5.41) is 23.8. The fraction of sp³-hybridized carbons (Fsp3) is 0.742. The number of carbonyl (C=O) groups is 6. The van der Waals surface area contributed by atoms with Crippen molar-refractivity contribution in [3.63, 3.8) is 0 Å². The first-order valence-corrected chi connectivity index (χ1v) is 14.7. The molecular formula is C31H44O13. The molecule has 0 saturated heterocycles. The van der Waals surface area contributed by atoms with Gasteiger partial charge < -0.3 is 33.9 Å². The first-order chi connectivity index (χ1) is 20.2. The molecule has 10 atom stereocenters. The molecule has 0 aromatic rings. The van der Waals surface area contributed by atoms with Crippen molar-refractivity contribution in [3.8, 4) is 0 Å². The fourth-order valence-corrected chi connectivity index (χ4v) is 7.71. The molecule has 3 aliphatic carbocycles. The molecule has 13 nitrogen and oxygen atoms in total. The highest BCUT2D eigenvalue weighted by Gasteiger charge is 2.78. The Morgan fingerprint density at radius 3 is 1.93 bits per heavy atom. The van der Waals surface area contributed by atoms with E-state index in [9.17, 15) is 39.0 Å². The Kier molecular flexibility index (Phi) is 9.77. The number of rotatable bonds is 10. The quantitative estimate of drug-likeness (QED) is 0.203. The van der Waals surface area contributed by atoms with Gasteiger partial charge in [-0.2, -0.15) is 0 Å². The lowest BCUT2D eigenvalue weighted by atomic mass is 9.61. The van der Waals surface area contributed by atoms with Gasteiger partial charge in [0.05, 0.1) is 12.0 Å². The summed E-state index contributed by atoms with van der Waals surface area (Å²) < 4.78 is 29.4. The van der Waals surface area contributed by atoms with Crippen LogP contribution in [-0.2, 0) is 52.5 Å². The molecule has 2 bridgehead atoms. The molecule has 0 aromatic heterocycles. The number of allylic oxidation sites excluding steroid dienone is 1. The Morgan fingerprint density at radius 1 is 0.864 bits per heavy atom. The minimum Gasteiger partial charge on any atom is -0.461 e. The van der Waals surface area contributed by atoms with E-state index in [2.05, 4.69) is 0 Å². The number of aliphatic hydroxyl groups is 2. The molecule has 0 spiro atoms. The molecule has 0 aliphatic heterocycles. The lowest BCUT2D eigenvalue weighted by Gasteiger charge is -2.52. The Hall–Kier alpha value is -3.32. The van der Waals surface area contributed by atoms with Gasteiger partial charge in [-0.3, -0.25) is 28.8 Å². The van der Waals surface area contributed by atoms with E-state index in [1.54, 1.807) is 6.08 Å². The number of aliphatic hydroxyl groups excluding tert-OH is 1. The van der Waals surface area contributed by atoms with Gasteiger partial charge in [-0.25, -0.2) is 0 Å². The van der Waals surface area contributed by atoms with Crippen LogP contribution in [0, 0.1) is 22.7 Å². The van der Waals surface area contributed by atoms with Crippen LogP contribution in [0.15, 0.2) is 12.2 Å². The number of esters is 5. The van der Waals surface area contributed by atoms with E-state index in [1.165, 1.54) is 40.7 Å². The summed E-state index contributed by atoms with van der Waals surface area (Å²) >= 11 is 0. The predicted molar refractivity (Wildman–Crippen MR) is 150 cm³/mol. The maximum absolute atomic E-state index is 13.2. The van der Waals surface area contributed by atoms with Gasteiger partial charge in [0.15, 0.2) is 23.9 Å². The van der Waals surface area contributed by atoms with Crippen molar-refractivity contribution in [2.24, 2.45) is 22.7 Å². The third-order valence-corrected chi connectivity index (χ3v) is 9.69. The van der Waals surface area contributed by atoms with Crippen molar-refractivity contribution >= 4 is 35.6 Å². The monoisotopic (exact) mass is 624 g/mol. The van der Waals surface area contributed by atoms with Crippen LogP contribution in [0.1, 0.15) is 81.6 Å². The highest BCUT2D eigenvalue weighted by Crippen LogP contribution is 2.63. The van der Waals surface area contributed by atoms with Crippen molar-refractivity contribution in [2.45, 2.75) is 123 Å². The number of ether oxygens (including phenoxy) is 5. The molecule has 2 saturated carbocycles. The van der Waals surface area contributed by atoms with E-state index in [0.717, 1.165) is 27.7 Å². The van der Waals surface area contributed by atoms with Crippen LogP contribution in [0.2, 0.25) is 0 Å². The lowest BCUT2D eigenvalue weighted by molar-refractivity contribution is -0.250. The molecular weight excluding hydrogens is 580 g/mol. The molecule has 3 rings (SSSR count). The second-order valence-electron chi connectivity index (χ2n) is 12.8. The van der Waals surface area contributed by atoms with E-state index in [1.807, 2.05) is 0 Å². The standard InChI is InChI=1S/C31H44O13/c1-10-23(38)43-25(26(41-17(4)34)31(39)21(15(2)32)14-22(37)28(31,7)8)30-13-11-12-20(24(30)40-16(3)33)29(9,44-19(6)36)27(30)42-18(5)35/h11,13,20-22,24-27,37,39H,10,12,14H2,1-9H3/t20-,21+,22-,24-,25-,26-,27+,29+,30+,31+/m1/s1. The van der Waals surface area contributed by atoms with Crippen LogP contribution in [0.5, 0.6) is 0 Å². The van der Waals surface area contributed by atoms with Crippen molar-refractivity contribution in [1.82, 2.24) is 0 Å². The second-order valence-corrected chi connectivity index (χ2v) is 12.8. The first-order valence-electron chi connectivity index (χ1n) is 14.7. The Bertz CT molecular complexity index is 1240. The summed E-state index contributed by atoms with van der Waals surface area (Å²) in [7, 11) is 0. The van der Waals surface area contributed by atoms with E-state index >= 15 is 0 Å². The van der Waals surface area contributed by atoms with Crippen LogP contribution in [0.25, 0.3) is 0 Å². The number of carbonyl (C=O) groups excluding carboxylic acids is 6. The Labute approximate surface area is 256 Å². The van der Waals surface area contributed by atoms with Crippen molar-refractivity contribution in [3.05, 3.63) is 12.2 Å². The van der Waals surface area contributed by atoms with Gasteiger partial charge in [-0.05, 0) is 26.7 Å². The molecule has 2 N–H and O–H groups in total. The summed E-state index contributed by atoms with van der Waals surface area (Å²) in [5.74, 6) is -6.81. The SMILES string of the molecule is CCC(=O)O[C@H]([C@@H](OC(C)=O)[C@@]1(O)[C@H](C(C)=O)C[C@@H](O)C1(C)C)[C@]12C=CC[C@H]([C@H]1OC(C)=O)[C@](C)(OC(C)=O)[C@@H]2OC(C)=O. The maximum atomic E-state index is 13.2. The Balaban J connectivity index is 2.51. The highest BCUT2D eigenvalue weighted by atomic mass is 16.6. The van der Waals surface area contributed by atoms with Crippen LogP contribution < -0.4 is 0 Å². The normalized spacial score (nSPS) is 36.5. The Morgan fingerprint density at radius 2 is 1.45 bits per heavy atom. The molecule has 0 aromatic carbocycles. The van der Waals surface area contributed by atoms with Gasteiger partial charge in [0, 0.05) is 45.4 Å². The minimum atomic E-state index is -2.37. The largest absolute Gasteiger partial charge is 0.461 e. The second kappa shape index (κ2) is 12.2. The lowest BCUT2D eigenvalue weighted by Crippen LogP contribution is -2.69. The van der Waals surface area contributed by atoms with Crippen LogP contribution in [0.4, 0.5) is 0 Å². The average Bonchev–Trinajstić information content (AvgIpc) is 3.12. The molecule has 0 heterocycles. The molecule has 246 valence electrons. The fourth-order valence-electron chi connectivity index (χ4n) is 7.71. The topological polar surface area (TPSA) is 189 Å². The summed E-state index contributed by atoms with van der Waals surface area (Å²) in [6.45, 7) is 11.6. The van der Waals surface area contributed by atoms with E-state index in [-0.39, 0.29) is 19.3 Å². The molecule has 0 unspecified atom stereocenters. The van der Waals surface area contributed by atoms with Gasteiger partial charge in [0.2, 0.25) is 0 Å². The number of hydrogen-bond donors (Lipinski definition) is 2. The van der Waals surface area contributed by atoms with E-state index < -0.39 is 100 Å². The third-order valence-electron chi connectivity index (χ3n) is 9.69. The summed E-state index contributed by atoms with van der Waals surface area (Å²) in [4.78, 5) is 76.8. The van der Waals surface area contributed by atoms with Gasteiger partial charge in [-0.15, -0.1) is 0 Å². The number of hydrogen-bond acceptors (Lipinski definition) is 13. The summed E-state index contributed by atoms with van der Waals surface area (Å²) in [6, 6.07) is 0. The molecule has 13 heteroatoms. The van der Waals surface area contributed by atoms with Crippen LogP contribution in [-0.4, -0.2) is 87.6 Å². The van der Waals surface area contributed by atoms with Gasteiger partial charge in [0.25, 0.3) is 0 Å². The van der Waals surface area contributed by atoms with Crippen LogP contribution in [0.3, 0.4) is 0 Å². The predicted octanol–water partition coefficient (Wildman–Crippen LogP) is 1.73. The van der Waals surface area contributed by atoms with E-state index in [4.69, 9.17) is 23.7 Å². The van der Waals surface area contributed by atoms with Crippen molar-refractivity contribution < 1.29 is 62.7 Å². The highest BCUT2D eigenvalue weighted by molar-refractivity contribution is 5.81. The van der Waals surface area contributed by atoms with Crippen molar-refractivity contribution in [2.75, 3.05) is 0 Å². The third kappa shape index (κ3) is 5.53. The van der Waals surface area contributed by atoms with Crippen molar-refractivity contribution in [1.29, 1.82) is 0 Å². The molecule has 2 fully saturated rings. The number of fused-ring (bicyclic) bond motifs is 2. The molecule has 0 radical (unpaired) electrons. The number of Topliss-reactive ketones (excluding diaryl/α,β-unsaturated/α-hetero) is 1. The van der Waals surface area contributed by atoms with Gasteiger partial charge in [0.1, 0.15) is 22.9 Å². The molecule has 44 heavy (non-hydrogen) atoms. The summed E-state index contributed by atoms with van der Waals surface area (Å²) in [5.41, 5.74) is -7.54. The van der Waals surface area contributed by atoms with Crippen LogP contribution >= 0.6 is 0 Å². The molecule has 3 aliphatic rings.